The number of thioether (sulfide) groups is 1. The maximum Gasteiger partial charge on any atom is 0.339 e. The molecule has 0 spiro atoms. The van der Waals surface area contributed by atoms with E-state index < -0.39 is 11.8 Å². The minimum absolute atomic E-state index is 0.0962. The van der Waals surface area contributed by atoms with E-state index >= 15 is 0 Å². The van der Waals surface area contributed by atoms with Crippen molar-refractivity contribution in [1.29, 1.82) is 0 Å². The fourth-order valence-corrected chi connectivity index (χ4v) is 3.03. The van der Waals surface area contributed by atoms with Crippen LogP contribution in [-0.2, 0) is 9.53 Å². The van der Waals surface area contributed by atoms with Gasteiger partial charge in [0.15, 0.2) is 0 Å². The third-order valence-corrected chi connectivity index (χ3v) is 4.22. The number of hydrogen-bond acceptors (Lipinski definition) is 5. The van der Waals surface area contributed by atoms with Gasteiger partial charge in [-0.05, 0) is 18.2 Å². The summed E-state index contributed by atoms with van der Waals surface area (Å²) in [4.78, 5) is 23.6. The number of rotatable bonds is 4. The summed E-state index contributed by atoms with van der Waals surface area (Å²) >= 11 is 1.79. The summed E-state index contributed by atoms with van der Waals surface area (Å²) in [5.41, 5.74) is 0.272. The minimum Gasteiger partial charge on any atom is -0.465 e. The molecule has 0 radical (unpaired) electrons. The van der Waals surface area contributed by atoms with E-state index in [1.54, 1.807) is 11.8 Å². The van der Waals surface area contributed by atoms with Gasteiger partial charge in [0.05, 0.1) is 18.4 Å². The van der Waals surface area contributed by atoms with Crippen LogP contribution in [0, 0.1) is 5.82 Å². The van der Waals surface area contributed by atoms with E-state index in [2.05, 4.69) is 15.4 Å². The first-order valence-corrected chi connectivity index (χ1v) is 7.74. The maximum atomic E-state index is 13.3. The van der Waals surface area contributed by atoms with Gasteiger partial charge in [0.1, 0.15) is 5.82 Å². The summed E-state index contributed by atoms with van der Waals surface area (Å²) in [5, 5.41) is 5.83. The predicted octanol–water partition coefficient (Wildman–Crippen LogP) is 1.65. The Morgan fingerprint density at radius 1 is 1.52 bits per heavy atom. The fourth-order valence-electron chi connectivity index (χ4n) is 2.08. The van der Waals surface area contributed by atoms with Crippen LogP contribution in [0.25, 0.3) is 0 Å². The molecule has 2 N–H and O–H groups in total. The second kappa shape index (κ2) is 7.42. The molecule has 21 heavy (non-hydrogen) atoms. The number of carbonyl (C=O) groups is 2. The lowest BCUT2D eigenvalue weighted by Crippen LogP contribution is -2.40. The number of benzene rings is 1. The number of methoxy groups -OCH3 is 1. The van der Waals surface area contributed by atoms with Gasteiger partial charge in [0.2, 0.25) is 5.91 Å². The third-order valence-electron chi connectivity index (χ3n) is 3.09. The zero-order chi connectivity index (χ0) is 15.2. The first-order valence-electron chi connectivity index (χ1n) is 6.59. The molecule has 1 atom stereocenters. The molecule has 1 saturated heterocycles. The second-order valence-corrected chi connectivity index (χ2v) is 5.81. The zero-order valence-corrected chi connectivity index (χ0v) is 12.5. The Morgan fingerprint density at radius 3 is 3.00 bits per heavy atom. The van der Waals surface area contributed by atoms with E-state index in [4.69, 9.17) is 0 Å². The molecule has 7 heteroatoms. The highest BCUT2D eigenvalue weighted by Gasteiger charge is 2.19. The van der Waals surface area contributed by atoms with Crippen molar-refractivity contribution in [2.75, 3.05) is 30.5 Å². The van der Waals surface area contributed by atoms with E-state index in [0.29, 0.717) is 0 Å². The fraction of sp³-hybridized carbons (Fsp3) is 0.429. The van der Waals surface area contributed by atoms with Crippen molar-refractivity contribution in [3.63, 3.8) is 0 Å². The number of nitrogens with one attached hydrogen (secondary N) is 2. The first kappa shape index (κ1) is 15.8. The van der Waals surface area contributed by atoms with Crippen LogP contribution >= 0.6 is 11.8 Å². The lowest BCUT2D eigenvalue weighted by atomic mass is 10.1. The van der Waals surface area contributed by atoms with Crippen molar-refractivity contribution in [3.05, 3.63) is 29.6 Å². The molecule has 114 valence electrons. The van der Waals surface area contributed by atoms with Gasteiger partial charge in [-0.15, -0.1) is 0 Å². The Morgan fingerprint density at radius 2 is 2.33 bits per heavy atom. The number of ether oxygens (including phenoxy) is 1. The number of esters is 1. The molecule has 1 aliphatic heterocycles. The molecule has 1 unspecified atom stereocenters. The Hall–Kier alpha value is -1.60. The smallest absolute Gasteiger partial charge is 0.339 e. The number of hydrogen-bond donors (Lipinski definition) is 2. The van der Waals surface area contributed by atoms with Crippen LogP contribution in [-0.4, -0.2) is 43.1 Å². The summed E-state index contributed by atoms with van der Waals surface area (Å²) in [6, 6.07) is 3.67. The van der Waals surface area contributed by atoms with Crippen molar-refractivity contribution in [2.24, 2.45) is 0 Å². The summed E-state index contributed by atoms with van der Waals surface area (Å²) in [6.07, 6.45) is 0.282. The molecular formula is C14H17FN2O3S. The highest BCUT2D eigenvalue weighted by atomic mass is 32.2. The predicted molar refractivity (Wildman–Crippen MR) is 80.1 cm³/mol. The lowest BCUT2D eigenvalue weighted by molar-refractivity contribution is -0.116. The molecule has 2 rings (SSSR count). The number of amides is 1. The quantitative estimate of drug-likeness (QED) is 0.828. The van der Waals surface area contributed by atoms with E-state index in [1.807, 2.05) is 0 Å². The van der Waals surface area contributed by atoms with Crippen LogP contribution in [0.5, 0.6) is 0 Å². The van der Waals surface area contributed by atoms with Crippen LogP contribution < -0.4 is 10.6 Å². The van der Waals surface area contributed by atoms with Crippen molar-refractivity contribution in [3.8, 4) is 0 Å². The van der Waals surface area contributed by atoms with Gasteiger partial charge in [-0.3, -0.25) is 4.79 Å². The number of carbonyl (C=O) groups excluding carboxylic acids is 2. The molecule has 1 aromatic rings. The van der Waals surface area contributed by atoms with E-state index in [-0.39, 0.29) is 29.6 Å². The van der Waals surface area contributed by atoms with Gasteiger partial charge in [0.25, 0.3) is 0 Å². The van der Waals surface area contributed by atoms with Crippen molar-refractivity contribution in [2.45, 2.75) is 12.5 Å². The average Bonchev–Trinajstić information content (AvgIpc) is 2.47. The molecular weight excluding hydrogens is 295 g/mol. The Bertz CT molecular complexity index is 533. The van der Waals surface area contributed by atoms with Crippen LogP contribution in [0.4, 0.5) is 10.1 Å². The summed E-state index contributed by atoms with van der Waals surface area (Å²) < 4.78 is 17.9. The maximum absolute atomic E-state index is 13.3. The number of halogens is 1. The van der Waals surface area contributed by atoms with Crippen molar-refractivity contribution in [1.82, 2.24) is 5.32 Å². The Balaban J connectivity index is 2.05. The minimum atomic E-state index is -0.614. The molecule has 1 heterocycles. The molecule has 0 aliphatic carbocycles. The Kier molecular flexibility index (Phi) is 5.58. The van der Waals surface area contributed by atoms with Gasteiger partial charge in [-0.25, -0.2) is 9.18 Å². The summed E-state index contributed by atoms with van der Waals surface area (Å²) in [7, 11) is 1.24. The van der Waals surface area contributed by atoms with Crippen LogP contribution in [0.15, 0.2) is 18.2 Å². The van der Waals surface area contributed by atoms with Crippen LogP contribution in [0.2, 0.25) is 0 Å². The van der Waals surface area contributed by atoms with Crippen LogP contribution in [0.1, 0.15) is 16.8 Å². The highest BCUT2D eigenvalue weighted by molar-refractivity contribution is 7.99. The van der Waals surface area contributed by atoms with Crippen molar-refractivity contribution < 1.29 is 18.7 Å². The first-order chi connectivity index (χ1) is 10.1. The second-order valence-electron chi connectivity index (χ2n) is 4.66. The van der Waals surface area contributed by atoms with Gasteiger partial charge >= 0.3 is 5.97 Å². The molecule has 1 aromatic carbocycles. The van der Waals surface area contributed by atoms with Crippen molar-refractivity contribution >= 4 is 29.3 Å². The highest BCUT2D eigenvalue weighted by Crippen LogP contribution is 2.19. The largest absolute Gasteiger partial charge is 0.465 e. The summed E-state index contributed by atoms with van der Waals surface area (Å²) in [5.74, 6) is 0.501. The van der Waals surface area contributed by atoms with E-state index in [0.717, 1.165) is 30.2 Å². The molecule has 1 fully saturated rings. The molecule has 1 amide bonds. The monoisotopic (exact) mass is 312 g/mol. The molecule has 1 aliphatic rings. The lowest BCUT2D eigenvalue weighted by Gasteiger charge is -2.22. The Labute approximate surface area is 126 Å². The van der Waals surface area contributed by atoms with Gasteiger partial charge in [-0.1, -0.05) is 0 Å². The topological polar surface area (TPSA) is 67.4 Å². The molecule has 0 saturated carbocycles. The number of anilines is 1. The van der Waals surface area contributed by atoms with E-state index in [1.165, 1.54) is 13.2 Å². The van der Waals surface area contributed by atoms with Crippen LogP contribution in [0.3, 0.4) is 0 Å². The van der Waals surface area contributed by atoms with E-state index in [9.17, 15) is 14.0 Å². The summed E-state index contributed by atoms with van der Waals surface area (Å²) in [6.45, 7) is 0.871. The van der Waals surface area contributed by atoms with Gasteiger partial charge in [-0.2, -0.15) is 11.8 Å². The zero-order valence-electron chi connectivity index (χ0n) is 11.6. The van der Waals surface area contributed by atoms with Gasteiger partial charge < -0.3 is 15.4 Å². The van der Waals surface area contributed by atoms with Gasteiger partial charge in [0, 0.05) is 30.5 Å². The SMILES string of the molecule is COC(=O)c1ccc(F)cc1NC(=O)CC1CSCCN1. The average molecular weight is 312 g/mol. The third kappa shape index (κ3) is 4.44. The molecule has 5 nitrogen and oxygen atoms in total. The molecule has 0 aromatic heterocycles. The standard InChI is InChI=1S/C14H17FN2O3S/c1-20-14(19)11-3-2-9(15)6-12(11)17-13(18)7-10-8-21-5-4-16-10/h2-3,6,10,16H,4-5,7-8H2,1H3,(H,17,18). The normalized spacial score (nSPS) is 18.1. The molecule has 0 bridgehead atoms.